The zero-order valence-electron chi connectivity index (χ0n) is 9.56. The number of esters is 2. The maximum Gasteiger partial charge on any atom is 0.331 e. The van der Waals surface area contributed by atoms with Gasteiger partial charge in [0, 0.05) is 25.7 Å². The number of nitrogens with zero attached hydrogens (tertiary/aromatic N) is 1. The minimum Gasteiger partial charge on any atom is -0.466 e. The Bertz CT molecular complexity index is 298. The summed E-state index contributed by atoms with van der Waals surface area (Å²) in [6.07, 6.45) is 1.83. The van der Waals surface area contributed by atoms with Crippen molar-refractivity contribution in [3.8, 4) is 0 Å². The molecule has 0 spiro atoms. The third-order valence-electron chi connectivity index (χ3n) is 1.79. The maximum absolute atomic E-state index is 11.2. The van der Waals surface area contributed by atoms with Crippen molar-refractivity contribution < 1.29 is 23.9 Å². The zero-order valence-corrected chi connectivity index (χ0v) is 9.56. The molecule has 0 N–H and O–H groups in total. The molecule has 0 atom stereocenters. The van der Waals surface area contributed by atoms with E-state index >= 15 is 0 Å². The smallest absolute Gasteiger partial charge is 0.331 e. The Kier molecular flexibility index (Phi) is 6.58. The lowest BCUT2D eigenvalue weighted by molar-refractivity contribution is -0.147. The van der Waals surface area contributed by atoms with Crippen LogP contribution in [-0.4, -0.2) is 50.1 Å². The first-order valence-electron chi connectivity index (χ1n) is 4.68. The summed E-state index contributed by atoms with van der Waals surface area (Å²) in [5.74, 6) is -1.72. The summed E-state index contributed by atoms with van der Waals surface area (Å²) in [6, 6.07) is 0. The highest BCUT2D eigenvalue weighted by molar-refractivity contribution is 5.92. The van der Waals surface area contributed by atoms with E-state index in [4.69, 9.17) is 0 Å². The average Bonchev–Trinajstić information content (AvgIpc) is 2.31. The molecule has 6 nitrogen and oxygen atoms in total. The van der Waals surface area contributed by atoms with Gasteiger partial charge in [0.15, 0.2) is 6.61 Å². The number of likely N-dealkylation sites (N-methyl/N-ethyl adjacent to an activating group) is 1. The Labute approximate surface area is 93.8 Å². The van der Waals surface area contributed by atoms with Crippen molar-refractivity contribution in [1.29, 1.82) is 0 Å². The molecule has 0 bridgehead atoms. The zero-order chi connectivity index (χ0) is 12.6. The summed E-state index contributed by atoms with van der Waals surface area (Å²) in [5, 5.41) is 0. The minimum absolute atomic E-state index is 0.303. The van der Waals surface area contributed by atoms with Gasteiger partial charge in [-0.2, -0.15) is 0 Å². The second-order valence-corrected chi connectivity index (χ2v) is 2.87. The molecule has 0 aliphatic carbocycles. The maximum atomic E-state index is 11.2. The fourth-order valence-corrected chi connectivity index (χ4v) is 0.672. The summed E-state index contributed by atoms with van der Waals surface area (Å²) >= 11 is 0. The van der Waals surface area contributed by atoms with Crippen LogP contribution in [0.4, 0.5) is 0 Å². The highest BCUT2D eigenvalue weighted by Gasteiger charge is 2.08. The molecule has 0 radical (unpaired) electrons. The van der Waals surface area contributed by atoms with Crippen molar-refractivity contribution in [1.82, 2.24) is 4.90 Å². The number of methoxy groups -OCH3 is 1. The number of amides is 1. The van der Waals surface area contributed by atoms with Crippen LogP contribution >= 0.6 is 0 Å². The monoisotopic (exact) mass is 229 g/mol. The molecular formula is C10H15NO5. The summed E-state index contributed by atoms with van der Waals surface area (Å²) in [5.41, 5.74) is 0. The van der Waals surface area contributed by atoms with Crippen molar-refractivity contribution in [3.63, 3.8) is 0 Å². The van der Waals surface area contributed by atoms with Gasteiger partial charge in [-0.1, -0.05) is 0 Å². The van der Waals surface area contributed by atoms with Crippen LogP contribution in [0.5, 0.6) is 0 Å². The number of carbonyl (C=O) groups excluding carboxylic acids is 3. The molecule has 0 aromatic carbocycles. The Morgan fingerprint density at radius 3 is 2.25 bits per heavy atom. The first-order valence-corrected chi connectivity index (χ1v) is 4.68. The topological polar surface area (TPSA) is 72.9 Å². The van der Waals surface area contributed by atoms with E-state index in [1.807, 2.05) is 0 Å². The molecular weight excluding hydrogens is 214 g/mol. The average molecular weight is 229 g/mol. The molecule has 0 aromatic heterocycles. The van der Waals surface area contributed by atoms with E-state index in [-0.39, 0.29) is 12.5 Å². The summed E-state index contributed by atoms with van der Waals surface area (Å²) in [6.45, 7) is 2.00. The fraction of sp³-hybridized carbons (Fsp3) is 0.500. The quantitative estimate of drug-likeness (QED) is 0.479. The van der Waals surface area contributed by atoms with Gasteiger partial charge in [0.05, 0.1) is 7.11 Å². The van der Waals surface area contributed by atoms with Gasteiger partial charge in [0.25, 0.3) is 5.91 Å². The van der Waals surface area contributed by atoms with E-state index in [0.717, 1.165) is 12.2 Å². The molecule has 1 amide bonds. The first-order chi connectivity index (χ1) is 7.51. The van der Waals surface area contributed by atoms with Crippen molar-refractivity contribution in [2.45, 2.75) is 6.92 Å². The number of hydrogen-bond acceptors (Lipinski definition) is 5. The van der Waals surface area contributed by atoms with Gasteiger partial charge in [-0.3, -0.25) is 4.79 Å². The van der Waals surface area contributed by atoms with Gasteiger partial charge in [0.1, 0.15) is 0 Å². The lowest BCUT2D eigenvalue weighted by Crippen LogP contribution is -2.30. The highest BCUT2D eigenvalue weighted by atomic mass is 16.5. The number of rotatable bonds is 5. The molecule has 0 aliphatic rings. The van der Waals surface area contributed by atoms with E-state index in [1.165, 1.54) is 12.0 Å². The normalized spacial score (nSPS) is 9.94. The third kappa shape index (κ3) is 5.79. The molecule has 0 aliphatic heterocycles. The van der Waals surface area contributed by atoms with Crippen molar-refractivity contribution >= 4 is 17.8 Å². The van der Waals surface area contributed by atoms with Crippen LogP contribution in [0.3, 0.4) is 0 Å². The summed E-state index contributed by atoms with van der Waals surface area (Å²) < 4.78 is 8.87. The van der Waals surface area contributed by atoms with Crippen LogP contribution in [0.15, 0.2) is 12.2 Å². The standard InChI is InChI=1S/C10H15NO5/c1-4-11(2)8(12)7-16-10(14)6-5-9(13)15-3/h5-6H,4,7H2,1-3H3/b6-5+. The first kappa shape index (κ1) is 14.2. The van der Waals surface area contributed by atoms with E-state index in [2.05, 4.69) is 9.47 Å². The van der Waals surface area contributed by atoms with E-state index in [1.54, 1.807) is 14.0 Å². The highest BCUT2D eigenvalue weighted by Crippen LogP contribution is 1.88. The van der Waals surface area contributed by atoms with Crippen LogP contribution in [-0.2, 0) is 23.9 Å². The minimum atomic E-state index is -0.761. The molecule has 0 unspecified atom stereocenters. The molecule has 0 rings (SSSR count). The molecule has 90 valence electrons. The lowest BCUT2D eigenvalue weighted by atomic mass is 10.5. The van der Waals surface area contributed by atoms with E-state index < -0.39 is 11.9 Å². The van der Waals surface area contributed by atoms with Gasteiger partial charge in [-0.25, -0.2) is 9.59 Å². The molecule has 0 fully saturated rings. The SMILES string of the molecule is CCN(C)C(=O)COC(=O)/C=C/C(=O)OC. The predicted molar refractivity (Wildman–Crippen MR) is 55.4 cm³/mol. The van der Waals surface area contributed by atoms with Crippen LogP contribution in [0.25, 0.3) is 0 Å². The second-order valence-electron chi connectivity index (χ2n) is 2.87. The second kappa shape index (κ2) is 7.44. The largest absolute Gasteiger partial charge is 0.466 e. The summed E-state index contributed by atoms with van der Waals surface area (Å²) in [7, 11) is 2.79. The van der Waals surface area contributed by atoms with Gasteiger partial charge in [-0.05, 0) is 6.92 Å². The molecule has 0 aromatic rings. The van der Waals surface area contributed by atoms with Crippen molar-refractivity contribution in [2.24, 2.45) is 0 Å². The lowest BCUT2D eigenvalue weighted by Gasteiger charge is -2.13. The Hall–Kier alpha value is -1.85. The molecule has 6 heteroatoms. The van der Waals surface area contributed by atoms with Gasteiger partial charge < -0.3 is 14.4 Å². The predicted octanol–water partition coefficient (Wildman–Crippen LogP) is -0.263. The molecule has 0 saturated heterocycles. The van der Waals surface area contributed by atoms with Crippen molar-refractivity contribution in [3.05, 3.63) is 12.2 Å². The number of ether oxygens (including phenoxy) is 2. The van der Waals surface area contributed by atoms with Crippen LogP contribution < -0.4 is 0 Å². The van der Waals surface area contributed by atoms with Crippen LogP contribution in [0.2, 0.25) is 0 Å². The van der Waals surface area contributed by atoms with Gasteiger partial charge in [0.2, 0.25) is 0 Å². The fourth-order valence-electron chi connectivity index (χ4n) is 0.672. The van der Waals surface area contributed by atoms with E-state index in [0.29, 0.717) is 6.54 Å². The Balaban J connectivity index is 3.95. The van der Waals surface area contributed by atoms with Crippen molar-refractivity contribution in [2.75, 3.05) is 27.3 Å². The van der Waals surface area contributed by atoms with E-state index in [9.17, 15) is 14.4 Å². The van der Waals surface area contributed by atoms with Gasteiger partial charge >= 0.3 is 11.9 Å². The van der Waals surface area contributed by atoms with Crippen LogP contribution in [0, 0.1) is 0 Å². The third-order valence-corrected chi connectivity index (χ3v) is 1.79. The molecule has 0 heterocycles. The number of carbonyl (C=O) groups is 3. The molecule has 0 saturated carbocycles. The Morgan fingerprint density at radius 1 is 1.19 bits per heavy atom. The van der Waals surface area contributed by atoms with Gasteiger partial charge in [-0.15, -0.1) is 0 Å². The summed E-state index contributed by atoms with van der Waals surface area (Å²) in [4.78, 5) is 34.2. The Morgan fingerprint density at radius 2 is 1.75 bits per heavy atom. The van der Waals surface area contributed by atoms with Crippen LogP contribution in [0.1, 0.15) is 6.92 Å². The molecule has 16 heavy (non-hydrogen) atoms. The number of hydrogen-bond donors (Lipinski definition) is 0.